The van der Waals surface area contributed by atoms with E-state index in [1.807, 2.05) is 0 Å². The number of carbonyl (C=O) groups excluding carboxylic acids is 1. The minimum Gasteiger partial charge on any atom is -0.478 e. The topological polar surface area (TPSA) is 72.2 Å². The molecule has 1 saturated carbocycles. The number of nitriles is 1. The monoisotopic (exact) mass is 470 g/mol. The van der Waals surface area contributed by atoms with Gasteiger partial charge >= 0.3 is 5.97 Å². The second kappa shape index (κ2) is 16.5. The molecule has 0 radical (unpaired) electrons. The van der Waals surface area contributed by atoms with Gasteiger partial charge in [0.05, 0.1) is 30.2 Å². The third-order valence-corrected chi connectivity index (χ3v) is 7.20. The van der Waals surface area contributed by atoms with Crippen molar-refractivity contribution in [1.29, 1.82) is 5.26 Å². The normalized spacial score (nSPS) is 20.0. The van der Waals surface area contributed by atoms with E-state index in [9.17, 15) is 10.1 Å². The predicted molar refractivity (Wildman–Crippen MR) is 137 cm³/mol. The number of rotatable bonds is 17. The first kappa shape index (κ1) is 28.1. The number of hydrogen-bond acceptors (Lipinski definition) is 5. The summed E-state index contributed by atoms with van der Waals surface area (Å²) >= 11 is 0. The summed E-state index contributed by atoms with van der Waals surface area (Å²) in [5.41, 5.74) is -0.251. The van der Waals surface area contributed by atoms with Gasteiger partial charge in [-0.1, -0.05) is 84.5 Å². The first-order valence-corrected chi connectivity index (χ1v) is 13.8. The lowest BCUT2D eigenvalue weighted by Gasteiger charge is -2.34. The van der Waals surface area contributed by atoms with E-state index >= 15 is 0 Å². The summed E-state index contributed by atoms with van der Waals surface area (Å²) in [4.78, 5) is 16.9. The molecular weight excluding hydrogens is 424 g/mol. The van der Waals surface area contributed by atoms with Gasteiger partial charge in [-0.3, -0.25) is 4.79 Å². The van der Waals surface area contributed by atoms with Crippen molar-refractivity contribution in [3.8, 4) is 17.7 Å². The number of carbonyl (C=O) groups is 1. The molecule has 2 rings (SSSR count). The Balaban J connectivity index is 1.65. The molecule has 0 N–H and O–H groups in total. The number of nitrogens with zero attached hydrogens (tertiary/aromatic N) is 2. The Morgan fingerprint density at radius 2 is 1.59 bits per heavy atom. The van der Waals surface area contributed by atoms with Gasteiger partial charge < -0.3 is 9.47 Å². The Labute approximate surface area is 207 Å². The molecule has 1 aromatic heterocycles. The van der Waals surface area contributed by atoms with Crippen molar-refractivity contribution in [3.05, 3.63) is 18.3 Å². The van der Waals surface area contributed by atoms with E-state index in [-0.39, 0.29) is 17.3 Å². The van der Waals surface area contributed by atoms with E-state index in [0.29, 0.717) is 18.2 Å². The van der Waals surface area contributed by atoms with E-state index in [1.54, 1.807) is 18.3 Å². The summed E-state index contributed by atoms with van der Waals surface area (Å²) in [6.45, 7) is 5.12. The Hall–Kier alpha value is -2.09. The van der Waals surface area contributed by atoms with Gasteiger partial charge in [-0.15, -0.1) is 0 Å². The molecule has 1 aromatic rings. The molecule has 34 heavy (non-hydrogen) atoms. The Morgan fingerprint density at radius 3 is 2.18 bits per heavy atom. The highest BCUT2D eigenvalue weighted by Crippen LogP contribution is 2.42. The van der Waals surface area contributed by atoms with Crippen LogP contribution in [0.5, 0.6) is 11.6 Å². The standard InChI is InChI=1S/C29H46N2O3/c1-3-5-7-9-10-12-14-22-33-27-16-15-26(23-31-27)34-28(32)25-17-20-29(24-30,21-18-25)19-13-11-8-6-4-2/h15-16,23,25H,3-14,17-22H2,1-2H3/t25-,29-. The molecule has 0 bridgehead atoms. The predicted octanol–water partition coefficient (Wildman–Crippen LogP) is 8.18. The van der Waals surface area contributed by atoms with Crippen LogP contribution in [0.3, 0.4) is 0 Å². The summed E-state index contributed by atoms with van der Waals surface area (Å²) < 4.78 is 11.3. The SMILES string of the molecule is CCCCCCCCCOc1ccc(OC(=O)[C@H]2CC[C@@](C#N)(CCCCCCC)CC2)cn1. The van der Waals surface area contributed by atoms with Gasteiger partial charge in [0.1, 0.15) is 5.75 Å². The van der Waals surface area contributed by atoms with E-state index in [4.69, 9.17) is 9.47 Å². The third kappa shape index (κ3) is 10.5. The number of esters is 1. The van der Waals surface area contributed by atoms with Crippen LogP contribution in [-0.2, 0) is 4.79 Å². The van der Waals surface area contributed by atoms with Crippen LogP contribution in [0.25, 0.3) is 0 Å². The van der Waals surface area contributed by atoms with Crippen molar-refractivity contribution in [2.24, 2.45) is 11.3 Å². The average Bonchev–Trinajstić information content (AvgIpc) is 2.87. The molecule has 0 atom stereocenters. The lowest BCUT2D eigenvalue weighted by atomic mass is 9.69. The van der Waals surface area contributed by atoms with Crippen molar-refractivity contribution >= 4 is 5.97 Å². The van der Waals surface area contributed by atoms with Crippen LogP contribution in [0.1, 0.15) is 123 Å². The molecular formula is C29H46N2O3. The van der Waals surface area contributed by atoms with Crippen LogP contribution in [0, 0.1) is 22.7 Å². The number of hydrogen-bond donors (Lipinski definition) is 0. The smallest absolute Gasteiger partial charge is 0.314 e. The molecule has 5 heteroatoms. The van der Waals surface area contributed by atoms with E-state index in [2.05, 4.69) is 24.9 Å². The highest BCUT2D eigenvalue weighted by atomic mass is 16.5. The Kier molecular flexibility index (Phi) is 13.7. The summed E-state index contributed by atoms with van der Waals surface area (Å²) in [6.07, 6.45) is 20.4. The zero-order valence-electron chi connectivity index (χ0n) is 21.7. The van der Waals surface area contributed by atoms with Gasteiger partial charge in [-0.25, -0.2) is 4.98 Å². The number of pyridine rings is 1. The van der Waals surface area contributed by atoms with E-state index in [1.165, 1.54) is 64.2 Å². The molecule has 0 amide bonds. The third-order valence-electron chi connectivity index (χ3n) is 7.20. The zero-order chi connectivity index (χ0) is 24.5. The Bertz CT molecular complexity index is 718. The molecule has 0 spiro atoms. The molecule has 190 valence electrons. The quantitative estimate of drug-likeness (QED) is 0.169. The first-order chi connectivity index (χ1) is 16.6. The average molecular weight is 471 g/mol. The zero-order valence-corrected chi connectivity index (χ0v) is 21.7. The maximum atomic E-state index is 12.7. The first-order valence-electron chi connectivity index (χ1n) is 13.8. The van der Waals surface area contributed by atoms with Crippen molar-refractivity contribution < 1.29 is 14.3 Å². The number of aromatic nitrogens is 1. The molecule has 1 aliphatic rings. The van der Waals surface area contributed by atoms with Gasteiger partial charge in [0.25, 0.3) is 0 Å². The van der Waals surface area contributed by atoms with Gasteiger partial charge in [0.2, 0.25) is 5.88 Å². The summed E-state index contributed by atoms with van der Waals surface area (Å²) in [5, 5.41) is 9.78. The minimum atomic E-state index is -0.251. The van der Waals surface area contributed by atoms with Gasteiger partial charge in [-0.2, -0.15) is 5.26 Å². The van der Waals surface area contributed by atoms with Crippen molar-refractivity contribution in [2.75, 3.05) is 6.61 Å². The maximum Gasteiger partial charge on any atom is 0.314 e. The molecule has 1 heterocycles. The number of unbranched alkanes of at least 4 members (excludes halogenated alkanes) is 10. The minimum absolute atomic E-state index is 0.130. The van der Waals surface area contributed by atoms with Crippen molar-refractivity contribution in [1.82, 2.24) is 4.98 Å². The fourth-order valence-electron chi connectivity index (χ4n) is 4.84. The summed E-state index contributed by atoms with van der Waals surface area (Å²) in [7, 11) is 0. The largest absolute Gasteiger partial charge is 0.478 e. The lowest BCUT2D eigenvalue weighted by molar-refractivity contribution is -0.140. The van der Waals surface area contributed by atoms with E-state index < -0.39 is 0 Å². The van der Waals surface area contributed by atoms with Crippen molar-refractivity contribution in [2.45, 2.75) is 123 Å². The van der Waals surface area contributed by atoms with Crippen LogP contribution in [0.2, 0.25) is 0 Å². The van der Waals surface area contributed by atoms with Crippen molar-refractivity contribution in [3.63, 3.8) is 0 Å². The fraction of sp³-hybridized carbons (Fsp3) is 0.759. The van der Waals surface area contributed by atoms with Crippen LogP contribution >= 0.6 is 0 Å². The maximum absolute atomic E-state index is 12.7. The molecule has 0 aliphatic heterocycles. The van der Waals surface area contributed by atoms with Crippen LogP contribution in [0.4, 0.5) is 0 Å². The molecule has 1 fully saturated rings. The van der Waals surface area contributed by atoms with Crippen LogP contribution < -0.4 is 9.47 Å². The summed E-state index contributed by atoms with van der Waals surface area (Å²) in [6, 6.07) is 6.11. The van der Waals surface area contributed by atoms with Gasteiger partial charge in [-0.05, 0) is 44.6 Å². The second-order valence-corrected chi connectivity index (χ2v) is 10.1. The van der Waals surface area contributed by atoms with Gasteiger partial charge in [0.15, 0.2) is 0 Å². The molecule has 0 aromatic carbocycles. The molecule has 0 saturated heterocycles. The Morgan fingerprint density at radius 1 is 0.971 bits per heavy atom. The summed E-state index contributed by atoms with van der Waals surface area (Å²) in [5.74, 6) is 0.699. The molecule has 1 aliphatic carbocycles. The molecule has 5 nitrogen and oxygen atoms in total. The second-order valence-electron chi connectivity index (χ2n) is 10.1. The van der Waals surface area contributed by atoms with Crippen LogP contribution in [0.15, 0.2) is 18.3 Å². The van der Waals surface area contributed by atoms with Crippen LogP contribution in [-0.4, -0.2) is 17.6 Å². The highest BCUT2D eigenvalue weighted by Gasteiger charge is 2.38. The number of ether oxygens (including phenoxy) is 2. The highest BCUT2D eigenvalue weighted by molar-refractivity contribution is 5.75. The van der Waals surface area contributed by atoms with Gasteiger partial charge in [0, 0.05) is 6.07 Å². The van der Waals surface area contributed by atoms with E-state index in [0.717, 1.165) is 44.9 Å². The lowest BCUT2D eigenvalue weighted by Crippen LogP contribution is -2.31. The molecule has 0 unspecified atom stereocenters. The fourth-order valence-corrected chi connectivity index (χ4v) is 4.84.